The molecule has 4 heteroatoms. The maximum Gasteiger partial charge on any atom is 0.237 e. The summed E-state index contributed by atoms with van der Waals surface area (Å²) in [5.74, 6) is 0.127. The predicted molar refractivity (Wildman–Crippen MR) is 71.2 cm³/mol. The fourth-order valence-corrected chi connectivity index (χ4v) is 2.79. The van der Waals surface area contributed by atoms with Crippen molar-refractivity contribution in [2.45, 2.75) is 64.0 Å². The molecule has 1 amide bonds. The highest BCUT2D eigenvalue weighted by molar-refractivity contribution is 5.81. The van der Waals surface area contributed by atoms with Crippen LogP contribution in [0.3, 0.4) is 0 Å². The van der Waals surface area contributed by atoms with Crippen LogP contribution in [0.2, 0.25) is 0 Å². The molecule has 0 aliphatic heterocycles. The molecule has 2 aliphatic rings. The minimum Gasteiger partial charge on any atom is -0.396 e. The van der Waals surface area contributed by atoms with Crippen LogP contribution in [0.25, 0.3) is 0 Å². The van der Waals surface area contributed by atoms with Crippen LogP contribution in [0, 0.1) is 5.41 Å². The Morgan fingerprint density at radius 1 is 1.39 bits per heavy atom. The normalized spacial score (nSPS) is 23.9. The summed E-state index contributed by atoms with van der Waals surface area (Å²) in [6.07, 6.45) is 7.96. The van der Waals surface area contributed by atoms with E-state index in [9.17, 15) is 4.79 Å². The Bertz CT molecular complexity index is 284. The van der Waals surface area contributed by atoms with E-state index in [-0.39, 0.29) is 24.0 Å². The zero-order chi connectivity index (χ0) is 13.0. The highest BCUT2D eigenvalue weighted by Gasteiger charge is 2.41. The molecule has 2 aliphatic carbocycles. The summed E-state index contributed by atoms with van der Waals surface area (Å²) in [7, 11) is 0. The van der Waals surface area contributed by atoms with Gasteiger partial charge >= 0.3 is 0 Å². The summed E-state index contributed by atoms with van der Waals surface area (Å²) in [5, 5.41) is 15.4. The van der Waals surface area contributed by atoms with E-state index in [4.69, 9.17) is 5.11 Å². The molecule has 0 spiro atoms. The molecule has 4 nitrogen and oxygen atoms in total. The number of rotatable bonds is 7. The van der Waals surface area contributed by atoms with Crippen LogP contribution in [-0.2, 0) is 4.79 Å². The van der Waals surface area contributed by atoms with E-state index in [1.165, 1.54) is 25.7 Å². The third kappa shape index (κ3) is 3.69. The Labute approximate surface area is 110 Å². The lowest BCUT2D eigenvalue weighted by Crippen LogP contribution is -2.47. The molecule has 0 saturated heterocycles. The Morgan fingerprint density at radius 2 is 2.06 bits per heavy atom. The summed E-state index contributed by atoms with van der Waals surface area (Å²) >= 11 is 0. The Balaban J connectivity index is 1.67. The number of nitrogens with one attached hydrogen (secondary N) is 2. The quantitative estimate of drug-likeness (QED) is 0.639. The van der Waals surface area contributed by atoms with Gasteiger partial charge in [0.2, 0.25) is 5.91 Å². The molecule has 2 saturated carbocycles. The lowest BCUT2D eigenvalue weighted by Gasteiger charge is -2.21. The zero-order valence-corrected chi connectivity index (χ0v) is 11.4. The number of hydrogen-bond donors (Lipinski definition) is 3. The summed E-state index contributed by atoms with van der Waals surface area (Å²) in [5.41, 5.74) is 0.274. The maximum atomic E-state index is 12.0. The van der Waals surface area contributed by atoms with E-state index in [0.29, 0.717) is 6.04 Å². The van der Waals surface area contributed by atoms with E-state index in [2.05, 4.69) is 10.6 Å². The van der Waals surface area contributed by atoms with E-state index in [1.54, 1.807) is 0 Å². The molecule has 0 aromatic rings. The van der Waals surface area contributed by atoms with E-state index in [0.717, 1.165) is 25.8 Å². The van der Waals surface area contributed by atoms with Crippen molar-refractivity contribution in [1.82, 2.24) is 10.6 Å². The molecular weight excluding hydrogens is 228 g/mol. The third-order valence-electron chi connectivity index (χ3n) is 4.48. The number of carbonyl (C=O) groups is 1. The molecular formula is C14H26N2O2. The van der Waals surface area contributed by atoms with Gasteiger partial charge in [0.25, 0.3) is 0 Å². The molecule has 1 unspecified atom stereocenters. The van der Waals surface area contributed by atoms with Crippen molar-refractivity contribution in [3.05, 3.63) is 0 Å². The van der Waals surface area contributed by atoms with Crippen molar-refractivity contribution in [2.24, 2.45) is 5.41 Å². The summed E-state index contributed by atoms with van der Waals surface area (Å²) < 4.78 is 0. The highest BCUT2D eigenvalue weighted by Crippen LogP contribution is 2.47. The van der Waals surface area contributed by atoms with E-state index >= 15 is 0 Å². The lowest BCUT2D eigenvalue weighted by atomic mass is 10.0. The smallest absolute Gasteiger partial charge is 0.237 e. The zero-order valence-electron chi connectivity index (χ0n) is 11.4. The second kappa shape index (κ2) is 6.02. The molecule has 18 heavy (non-hydrogen) atoms. The Morgan fingerprint density at radius 3 is 2.61 bits per heavy atom. The van der Waals surface area contributed by atoms with Crippen molar-refractivity contribution in [1.29, 1.82) is 0 Å². The molecule has 2 fully saturated rings. The topological polar surface area (TPSA) is 61.4 Å². The van der Waals surface area contributed by atoms with Crippen LogP contribution in [0.15, 0.2) is 0 Å². The lowest BCUT2D eigenvalue weighted by molar-refractivity contribution is -0.123. The fraction of sp³-hybridized carbons (Fsp3) is 0.929. The summed E-state index contributed by atoms with van der Waals surface area (Å²) in [6, 6.07) is 0.274. The van der Waals surface area contributed by atoms with Crippen molar-refractivity contribution in [3.8, 4) is 0 Å². The highest BCUT2D eigenvalue weighted by atomic mass is 16.3. The maximum absolute atomic E-state index is 12.0. The SMILES string of the molecule is CC(NCC1(CCO)CC1)C(=O)NC1CCCC1. The van der Waals surface area contributed by atoms with Gasteiger partial charge < -0.3 is 15.7 Å². The number of aliphatic hydroxyl groups excluding tert-OH is 1. The van der Waals surface area contributed by atoms with Crippen molar-refractivity contribution < 1.29 is 9.90 Å². The summed E-state index contributed by atoms with van der Waals surface area (Å²) in [6.45, 7) is 3.04. The van der Waals surface area contributed by atoms with Crippen molar-refractivity contribution in [3.63, 3.8) is 0 Å². The van der Waals surface area contributed by atoms with Crippen LogP contribution in [0.5, 0.6) is 0 Å². The number of hydrogen-bond acceptors (Lipinski definition) is 3. The molecule has 2 rings (SSSR count). The second-order valence-corrected chi connectivity index (χ2v) is 6.07. The largest absolute Gasteiger partial charge is 0.396 e. The van der Waals surface area contributed by atoms with Gasteiger partial charge in [0.1, 0.15) is 0 Å². The first-order valence-electron chi connectivity index (χ1n) is 7.30. The summed E-state index contributed by atoms with van der Waals surface area (Å²) in [4.78, 5) is 12.0. The van der Waals surface area contributed by atoms with Crippen LogP contribution in [-0.4, -0.2) is 36.2 Å². The third-order valence-corrected chi connectivity index (χ3v) is 4.48. The van der Waals surface area contributed by atoms with Crippen LogP contribution >= 0.6 is 0 Å². The van der Waals surface area contributed by atoms with Gasteiger partial charge in [-0.2, -0.15) is 0 Å². The Hall–Kier alpha value is -0.610. The average molecular weight is 254 g/mol. The minimum atomic E-state index is -0.123. The first kappa shape index (κ1) is 13.8. The van der Waals surface area contributed by atoms with Crippen LogP contribution < -0.4 is 10.6 Å². The van der Waals surface area contributed by atoms with Gasteiger partial charge in [-0.15, -0.1) is 0 Å². The molecule has 0 aromatic carbocycles. The Kier molecular flexibility index (Phi) is 4.62. The molecule has 3 N–H and O–H groups in total. The fourth-order valence-electron chi connectivity index (χ4n) is 2.79. The van der Waals surface area contributed by atoms with Crippen molar-refractivity contribution >= 4 is 5.91 Å². The second-order valence-electron chi connectivity index (χ2n) is 6.07. The van der Waals surface area contributed by atoms with Gasteiger partial charge in [0, 0.05) is 19.2 Å². The van der Waals surface area contributed by atoms with E-state index < -0.39 is 0 Å². The molecule has 0 aromatic heterocycles. The molecule has 1 atom stereocenters. The van der Waals surface area contributed by atoms with Crippen molar-refractivity contribution in [2.75, 3.05) is 13.2 Å². The van der Waals surface area contributed by atoms with Crippen LogP contribution in [0.1, 0.15) is 51.9 Å². The average Bonchev–Trinajstić information content (AvgIpc) is 2.92. The van der Waals surface area contributed by atoms with Gasteiger partial charge in [-0.25, -0.2) is 0 Å². The number of aliphatic hydroxyl groups is 1. The minimum absolute atomic E-state index is 0.123. The van der Waals surface area contributed by atoms with Crippen LogP contribution in [0.4, 0.5) is 0 Å². The molecule has 104 valence electrons. The van der Waals surface area contributed by atoms with Gasteiger partial charge in [0.05, 0.1) is 6.04 Å². The number of amides is 1. The standard InChI is InChI=1S/C14H26N2O2/c1-11(13(18)16-12-4-2-3-5-12)15-10-14(6-7-14)8-9-17/h11-12,15,17H,2-10H2,1H3,(H,16,18). The van der Waals surface area contributed by atoms with Gasteiger partial charge in [-0.1, -0.05) is 12.8 Å². The molecule has 0 heterocycles. The first-order valence-corrected chi connectivity index (χ1v) is 7.30. The van der Waals surface area contributed by atoms with Gasteiger partial charge in [-0.3, -0.25) is 4.79 Å². The molecule has 0 bridgehead atoms. The van der Waals surface area contributed by atoms with Gasteiger partial charge in [0.15, 0.2) is 0 Å². The monoisotopic (exact) mass is 254 g/mol. The van der Waals surface area contributed by atoms with Gasteiger partial charge in [-0.05, 0) is 44.4 Å². The first-order chi connectivity index (χ1) is 8.65. The number of carbonyl (C=O) groups excluding carboxylic acids is 1. The predicted octanol–water partition coefficient (Wildman–Crippen LogP) is 1.19. The van der Waals surface area contributed by atoms with E-state index in [1.807, 2.05) is 6.92 Å². The molecule has 0 radical (unpaired) electrons.